The summed E-state index contributed by atoms with van der Waals surface area (Å²) in [5.41, 5.74) is 3.75. The summed E-state index contributed by atoms with van der Waals surface area (Å²) in [6.07, 6.45) is 4.52. The van der Waals surface area contributed by atoms with Gasteiger partial charge < -0.3 is 10.4 Å². The van der Waals surface area contributed by atoms with Crippen LogP contribution in [-0.4, -0.2) is 17.1 Å². The van der Waals surface area contributed by atoms with E-state index in [9.17, 15) is 4.79 Å². The van der Waals surface area contributed by atoms with E-state index in [-0.39, 0.29) is 0 Å². The Bertz CT molecular complexity index is 428. The lowest BCUT2D eigenvalue weighted by atomic mass is 9.84. The minimum Gasteiger partial charge on any atom is -0.481 e. The number of nitrogens with one attached hydrogen (secondary N) is 1. The van der Waals surface area contributed by atoms with E-state index in [1.165, 1.54) is 16.8 Å². The SMILES string of the molecule is Cc1cc(C)cc(NC2CCC(CC(=O)O)CC2)c1. The van der Waals surface area contributed by atoms with Crippen LogP contribution in [0.5, 0.6) is 0 Å². The Morgan fingerprint density at radius 2 is 1.74 bits per heavy atom. The number of carbonyl (C=O) groups is 1. The second kappa shape index (κ2) is 6.09. The fourth-order valence-corrected chi connectivity index (χ4v) is 3.05. The lowest BCUT2D eigenvalue weighted by Crippen LogP contribution is -2.27. The highest BCUT2D eigenvalue weighted by atomic mass is 16.4. The van der Waals surface area contributed by atoms with Crippen molar-refractivity contribution in [3.63, 3.8) is 0 Å². The average molecular weight is 261 g/mol. The van der Waals surface area contributed by atoms with Gasteiger partial charge in [-0.1, -0.05) is 6.07 Å². The molecule has 1 aromatic carbocycles. The standard InChI is InChI=1S/C16H23NO2/c1-11-7-12(2)9-15(8-11)17-14-5-3-13(4-6-14)10-16(18)19/h7-9,13-14,17H,3-6,10H2,1-2H3,(H,18,19). The van der Waals surface area contributed by atoms with Gasteiger partial charge in [-0.15, -0.1) is 0 Å². The highest BCUT2D eigenvalue weighted by Gasteiger charge is 2.22. The number of hydrogen-bond donors (Lipinski definition) is 2. The zero-order valence-corrected chi connectivity index (χ0v) is 11.8. The van der Waals surface area contributed by atoms with Gasteiger partial charge >= 0.3 is 5.97 Å². The molecule has 2 rings (SSSR count). The summed E-state index contributed by atoms with van der Waals surface area (Å²) in [5, 5.41) is 12.4. The number of aryl methyl sites for hydroxylation is 2. The molecule has 0 atom stereocenters. The Kier molecular flexibility index (Phi) is 4.46. The molecule has 0 spiro atoms. The topological polar surface area (TPSA) is 49.3 Å². The number of aliphatic carboxylic acids is 1. The monoisotopic (exact) mass is 261 g/mol. The summed E-state index contributed by atoms with van der Waals surface area (Å²) in [4.78, 5) is 10.7. The quantitative estimate of drug-likeness (QED) is 0.867. The first-order valence-electron chi connectivity index (χ1n) is 7.09. The van der Waals surface area contributed by atoms with Gasteiger partial charge in [-0.25, -0.2) is 0 Å². The highest BCUT2D eigenvalue weighted by Crippen LogP contribution is 2.29. The van der Waals surface area contributed by atoms with Crippen LogP contribution in [0.25, 0.3) is 0 Å². The Balaban J connectivity index is 1.86. The van der Waals surface area contributed by atoms with Crippen LogP contribution >= 0.6 is 0 Å². The van der Waals surface area contributed by atoms with Crippen molar-refractivity contribution in [1.29, 1.82) is 0 Å². The zero-order chi connectivity index (χ0) is 13.8. The fraction of sp³-hybridized carbons (Fsp3) is 0.562. The molecular weight excluding hydrogens is 238 g/mol. The maximum absolute atomic E-state index is 10.7. The van der Waals surface area contributed by atoms with Gasteiger partial charge in [-0.3, -0.25) is 4.79 Å². The smallest absolute Gasteiger partial charge is 0.303 e. The first kappa shape index (κ1) is 13.9. The predicted octanol–water partition coefficient (Wildman–Crippen LogP) is 3.75. The normalized spacial score (nSPS) is 23.1. The van der Waals surface area contributed by atoms with E-state index in [0.29, 0.717) is 18.4 Å². The molecule has 1 aromatic rings. The van der Waals surface area contributed by atoms with E-state index >= 15 is 0 Å². The number of carboxylic acid groups (broad SMARTS) is 1. The van der Waals surface area contributed by atoms with Crippen molar-refractivity contribution in [2.75, 3.05) is 5.32 Å². The van der Waals surface area contributed by atoms with Crippen molar-refractivity contribution in [2.45, 2.75) is 52.0 Å². The minimum atomic E-state index is -0.661. The van der Waals surface area contributed by atoms with E-state index < -0.39 is 5.97 Å². The second-order valence-electron chi connectivity index (χ2n) is 5.84. The van der Waals surface area contributed by atoms with Crippen LogP contribution in [0.4, 0.5) is 5.69 Å². The molecule has 0 aliphatic heterocycles. The van der Waals surface area contributed by atoms with Gasteiger partial charge in [0.25, 0.3) is 0 Å². The largest absolute Gasteiger partial charge is 0.481 e. The summed E-state index contributed by atoms with van der Waals surface area (Å²) >= 11 is 0. The van der Waals surface area contributed by atoms with Gasteiger partial charge in [-0.05, 0) is 68.7 Å². The minimum absolute atomic E-state index is 0.330. The van der Waals surface area contributed by atoms with Crippen molar-refractivity contribution in [3.8, 4) is 0 Å². The summed E-state index contributed by atoms with van der Waals surface area (Å²) in [6.45, 7) is 4.23. The van der Waals surface area contributed by atoms with Crippen LogP contribution in [0.3, 0.4) is 0 Å². The molecule has 0 bridgehead atoms. The van der Waals surface area contributed by atoms with Crippen LogP contribution < -0.4 is 5.32 Å². The van der Waals surface area contributed by atoms with Crippen LogP contribution in [0.1, 0.15) is 43.2 Å². The number of anilines is 1. The van der Waals surface area contributed by atoms with Crippen LogP contribution in [0.2, 0.25) is 0 Å². The molecule has 2 N–H and O–H groups in total. The fourth-order valence-electron chi connectivity index (χ4n) is 3.05. The van der Waals surface area contributed by atoms with Gasteiger partial charge in [0.2, 0.25) is 0 Å². The molecule has 19 heavy (non-hydrogen) atoms. The summed E-state index contributed by atoms with van der Waals surface area (Å²) in [6, 6.07) is 7.02. The molecule has 3 nitrogen and oxygen atoms in total. The Morgan fingerprint density at radius 3 is 2.26 bits per heavy atom. The number of hydrogen-bond acceptors (Lipinski definition) is 2. The lowest BCUT2D eigenvalue weighted by molar-refractivity contribution is -0.138. The van der Waals surface area contributed by atoms with Gasteiger partial charge in [-0.2, -0.15) is 0 Å². The van der Waals surface area contributed by atoms with Gasteiger partial charge in [0.05, 0.1) is 0 Å². The third kappa shape index (κ3) is 4.27. The summed E-state index contributed by atoms with van der Waals surface area (Å²) < 4.78 is 0. The molecule has 0 heterocycles. The van der Waals surface area contributed by atoms with Gasteiger partial charge in [0, 0.05) is 18.2 Å². The van der Waals surface area contributed by atoms with E-state index in [0.717, 1.165) is 25.7 Å². The first-order chi connectivity index (χ1) is 9.02. The molecule has 0 saturated heterocycles. The number of rotatable bonds is 4. The summed E-state index contributed by atoms with van der Waals surface area (Å²) in [7, 11) is 0. The molecule has 1 fully saturated rings. The van der Waals surface area contributed by atoms with Gasteiger partial charge in [0.15, 0.2) is 0 Å². The molecule has 1 saturated carbocycles. The third-order valence-electron chi connectivity index (χ3n) is 3.90. The van der Waals surface area contributed by atoms with Crippen molar-refractivity contribution < 1.29 is 9.90 Å². The molecule has 0 radical (unpaired) electrons. The van der Waals surface area contributed by atoms with Crippen LogP contribution in [0, 0.1) is 19.8 Å². The first-order valence-corrected chi connectivity index (χ1v) is 7.09. The average Bonchev–Trinajstić information content (AvgIpc) is 2.29. The predicted molar refractivity (Wildman–Crippen MR) is 77.5 cm³/mol. The Hall–Kier alpha value is -1.51. The second-order valence-corrected chi connectivity index (χ2v) is 5.84. The zero-order valence-electron chi connectivity index (χ0n) is 11.8. The van der Waals surface area contributed by atoms with Crippen molar-refractivity contribution in [3.05, 3.63) is 29.3 Å². The number of carboxylic acids is 1. The van der Waals surface area contributed by atoms with Crippen molar-refractivity contribution >= 4 is 11.7 Å². The highest BCUT2D eigenvalue weighted by molar-refractivity contribution is 5.67. The molecule has 104 valence electrons. The molecule has 0 amide bonds. The van der Waals surface area contributed by atoms with E-state index in [2.05, 4.69) is 37.4 Å². The molecule has 1 aliphatic carbocycles. The maximum Gasteiger partial charge on any atom is 0.303 e. The van der Waals surface area contributed by atoms with Crippen LogP contribution in [0.15, 0.2) is 18.2 Å². The van der Waals surface area contributed by atoms with E-state index in [1.807, 2.05) is 0 Å². The molecular formula is C16H23NO2. The van der Waals surface area contributed by atoms with Crippen LogP contribution in [-0.2, 0) is 4.79 Å². The van der Waals surface area contributed by atoms with Gasteiger partial charge in [0.1, 0.15) is 0 Å². The Labute approximate surface area is 115 Å². The van der Waals surface area contributed by atoms with Crippen molar-refractivity contribution in [1.82, 2.24) is 0 Å². The number of benzene rings is 1. The van der Waals surface area contributed by atoms with E-state index in [4.69, 9.17) is 5.11 Å². The lowest BCUT2D eigenvalue weighted by Gasteiger charge is -2.29. The maximum atomic E-state index is 10.7. The Morgan fingerprint density at radius 1 is 1.16 bits per heavy atom. The van der Waals surface area contributed by atoms with E-state index in [1.54, 1.807) is 0 Å². The van der Waals surface area contributed by atoms with Crippen molar-refractivity contribution in [2.24, 2.45) is 5.92 Å². The third-order valence-corrected chi connectivity index (χ3v) is 3.90. The molecule has 0 aromatic heterocycles. The summed E-state index contributed by atoms with van der Waals surface area (Å²) in [5.74, 6) is -0.291. The molecule has 0 unspecified atom stereocenters. The molecule has 1 aliphatic rings. The molecule has 3 heteroatoms.